The predicted molar refractivity (Wildman–Crippen MR) is 42.8 cm³/mol. The third-order valence-electron chi connectivity index (χ3n) is 1.55. The Morgan fingerprint density at radius 1 is 1.64 bits per heavy atom. The molecule has 0 aliphatic carbocycles. The Hall–Kier alpha value is -0.970. The molecule has 1 aliphatic rings. The molecule has 1 aliphatic heterocycles. The van der Waals surface area contributed by atoms with E-state index in [1.54, 1.807) is 0 Å². The van der Waals surface area contributed by atoms with Crippen LogP contribution in [0.15, 0.2) is 0 Å². The van der Waals surface area contributed by atoms with Gasteiger partial charge in [0, 0.05) is 20.0 Å². The number of amides is 2. The normalized spacial score (nSPS) is 17.4. The van der Waals surface area contributed by atoms with E-state index >= 15 is 0 Å². The summed E-state index contributed by atoms with van der Waals surface area (Å²) in [5.74, 6) is -0.112. The van der Waals surface area contributed by atoms with Crippen LogP contribution in [0.3, 0.4) is 0 Å². The minimum absolute atomic E-state index is 0.112. The van der Waals surface area contributed by atoms with Crippen LogP contribution in [-0.4, -0.2) is 40.3 Å². The Morgan fingerprint density at radius 2 is 2.27 bits per heavy atom. The zero-order valence-electron chi connectivity index (χ0n) is 6.11. The van der Waals surface area contributed by atoms with Gasteiger partial charge in [-0.2, -0.15) is 0 Å². The van der Waals surface area contributed by atoms with Gasteiger partial charge in [-0.3, -0.25) is 19.4 Å². The van der Waals surface area contributed by atoms with Crippen LogP contribution < -0.4 is 0 Å². The molecular formula is C6H8N2O2S. The lowest BCUT2D eigenvalue weighted by atomic mass is 10.5. The molecule has 0 saturated carbocycles. The summed E-state index contributed by atoms with van der Waals surface area (Å²) in [6, 6.07) is 0. The average Bonchev–Trinajstić information content (AvgIpc) is 2.30. The van der Waals surface area contributed by atoms with Gasteiger partial charge in [0.1, 0.15) is 0 Å². The van der Waals surface area contributed by atoms with Crippen LogP contribution in [0.5, 0.6) is 0 Å². The largest absolute Gasteiger partial charge is 0.290 e. The summed E-state index contributed by atoms with van der Waals surface area (Å²) in [5, 5.41) is 0.313. The highest BCUT2D eigenvalue weighted by atomic mass is 32.1. The van der Waals surface area contributed by atoms with Gasteiger partial charge >= 0.3 is 0 Å². The van der Waals surface area contributed by atoms with E-state index in [2.05, 4.69) is 0 Å². The molecule has 0 aromatic carbocycles. The van der Waals surface area contributed by atoms with E-state index < -0.39 is 0 Å². The van der Waals surface area contributed by atoms with Crippen molar-refractivity contribution >= 4 is 29.6 Å². The van der Waals surface area contributed by atoms with Gasteiger partial charge in [0.05, 0.1) is 0 Å². The van der Waals surface area contributed by atoms with Gasteiger partial charge in [-0.1, -0.05) is 0 Å². The SMILES string of the molecule is CC(=O)N1CCN(C=O)C1=S. The molecule has 0 atom stereocenters. The number of thiocarbonyl (C=S) groups is 1. The minimum Gasteiger partial charge on any atom is -0.290 e. The minimum atomic E-state index is -0.112. The molecule has 0 bridgehead atoms. The lowest BCUT2D eigenvalue weighted by Gasteiger charge is -2.13. The second kappa shape index (κ2) is 2.96. The van der Waals surface area contributed by atoms with Crippen molar-refractivity contribution in [3.8, 4) is 0 Å². The molecule has 5 heteroatoms. The van der Waals surface area contributed by atoms with E-state index in [0.29, 0.717) is 24.6 Å². The van der Waals surface area contributed by atoms with Crippen molar-refractivity contribution in [2.24, 2.45) is 0 Å². The first-order valence-corrected chi connectivity index (χ1v) is 3.61. The fourth-order valence-electron chi connectivity index (χ4n) is 0.944. The van der Waals surface area contributed by atoms with Crippen molar-refractivity contribution in [3.63, 3.8) is 0 Å². The highest BCUT2D eigenvalue weighted by Crippen LogP contribution is 2.06. The van der Waals surface area contributed by atoms with Crippen molar-refractivity contribution in [2.75, 3.05) is 13.1 Å². The van der Waals surface area contributed by atoms with E-state index in [9.17, 15) is 9.59 Å². The number of carbonyl (C=O) groups is 2. The van der Waals surface area contributed by atoms with Crippen molar-refractivity contribution in [3.05, 3.63) is 0 Å². The van der Waals surface area contributed by atoms with Gasteiger partial charge in [-0.05, 0) is 12.2 Å². The Kier molecular flexibility index (Phi) is 2.19. The number of hydrogen-bond donors (Lipinski definition) is 0. The van der Waals surface area contributed by atoms with Crippen LogP contribution >= 0.6 is 12.2 Å². The average molecular weight is 172 g/mol. The third-order valence-corrected chi connectivity index (χ3v) is 2.00. The zero-order chi connectivity index (χ0) is 8.43. The van der Waals surface area contributed by atoms with Gasteiger partial charge in [-0.25, -0.2) is 0 Å². The molecule has 60 valence electrons. The highest BCUT2D eigenvalue weighted by molar-refractivity contribution is 7.80. The molecule has 1 rings (SSSR count). The van der Waals surface area contributed by atoms with Gasteiger partial charge in [-0.15, -0.1) is 0 Å². The summed E-state index contributed by atoms with van der Waals surface area (Å²) in [4.78, 5) is 23.9. The molecule has 0 aromatic rings. The van der Waals surface area contributed by atoms with Crippen LogP contribution in [-0.2, 0) is 9.59 Å². The smallest absolute Gasteiger partial charge is 0.225 e. The summed E-state index contributed by atoms with van der Waals surface area (Å²) >= 11 is 4.84. The van der Waals surface area contributed by atoms with Crippen molar-refractivity contribution in [2.45, 2.75) is 6.92 Å². The number of rotatable bonds is 1. The summed E-state index contributed by atoms with van der Waals surface area (Å²) in [7, 11) is 0. The quantitative estimate of drug-likeness (QED) is 0.399. The van der Waals surface area contributed by atoms with E-state index in [-0.39, 0.29) is 5.91 Å². The molecule has 1 saturated heterocycles. The Bertz CT molecular complexity index is 217. The third kappa shape index (κ3) is 1.37. The monoisotopic (exact) mass is 172 g/mol. The van der Waals surface area contributed by atoms with Crippen molar-refractivity contribution < 1.29 is 9.59 Å². The van der Waals surface area contributed by atoms with Crippen molar-refractivity contribution in [1.82, 2.24) is 9.80 Å². The number of hydrogen-bond acceptors (Lipinski definition) is 3. The van der Waals surface area contributed by atoms with E-state index in [4.69, 9.17) is 12.2 Å². The zero-order valence-corrected chi connectivity index (χ0v) is 6.93. The highest BCUT2D eigenvalue weighted by Gasteiger charge is 2.26. The lowest BCUT2D eigenvalue weighted by Crippen LogP contribution is -2.33. The summed E-state index contributed by atoms with van der Waals surface area (Å²) in [5.41, 5.74) is 0. The van der Waals surface area contributed by atoms with Gasteiger partial charge in [0.2, 0.25) is 12.3 Å². The fraction of sp³-hybridized carbons (Fsp3) is 0.500. The van der Waals surface area contributed by atoms with Gasteiger partial charge in [0.15, 0.2) is 5.11 Å². The first-order chi connectivity index (χ1) is 5.16. The lowest BCUT2D eigenvalue weighted by molar-refractivity contribution is -0.124. The molecule has 11 heavy (non-hydrogen) atoms. The maximum atomic E-state index is 10.8. The summed E-state index contributed by atoms with van der Waals surface area (Å²) in [6.45, 7) is 2.47. The number of nitrogens with zero attached hydrogens (tertiary/aromatic N) is 2. The van der Waals surface area contributed by atoms with E-state index in [0.717, 1.165) is 0 Å². The van der Waals surface area contributed by atoms with Crippen molar-refractivity contribution in [1.29, 1.82) is 0 Å². The molecule has 0 radical (unpaired) electrons. The standard InChI is InChI=1S/C6H8N2O2S/c1-5(10)8-3-2-7(4-9)6(8)11/h4H,2-3H2,1H3. The van der Waals surface area contributed by atoms with Crippen LogP contribution in [0.1, 0.15) is 6.92 Å². The Labute approximate surface area is 69.8 Å². The second-order valence-corrected chi connectivity index (χ2v) is 2.62. The number of carbonyl (C=O) groups excluding carboxylic acids is 2. The van der Waals surface area contributed by atoms with Crippen LogP contribution in [0.4, 0.5) is 0 Å². The van der Waals surface area contributed by atoms with E-state index in [1.165, 1.54) is 16.7 Å². The molecule has 2 amide bonds. The topological polar surface area (TPSA) is 40.6 Å². The molecular weight excluding hydrogens is 164 g/mol. The Balaban J connectivity index is 2.70. The molecule has 1 heterocycles. The molecule has 1 fully saturated rings. The van der Waals surface area contributed by atoms with Gasteiger partial charge in [0.25, 0.3) is 0 Å². The molecule has 0 spiro atoms. The van der Waals surface area contributed by atoms with Gasteiger partial charge < -0.3 is 0 Å². The molecule has 4 nitrogen and oxygen atoms in total. The first kappa shape index (κ1) is 8.13. The van der Waals surface area contributed by atoms with Crippen LogP contribution in [0.2, 0.25) is 0 Å². The van der Waals surface area contributed by atoms with Crippen LogP contribution in [0.25, 0.3) is 0 Å². The maximum Gasteiger partial charge on any atom is 0.225 e. The summed E-state index contributed by atoms with van der Waals surface area (Å²) in [6.07, 6.45) is 0.644. The molecule has 0 N–H and O–H groups in total. The van der Waals surface area contributed by atoms with E-state index in [1.807, 2.05) is 0 Å². The molecule has 0 aromatic heterocycles. The Morgan fingerprint density at radius 3 is 2.55 bits per heavy atom. The van der Waals surface area contributed by atoms with Crippen LogP contribution in [0, 0.1) is 0 Å². The second-order valence-electron chi connectivity index (χ2n) is 2.25. The summed E-state index contributed by atoms with van der Waals surface area (Å²) < 4.78 is 0. The molecule has 0 unspecified atom stereocenters. The fourth-order valence-corrected chi connectivity index (χ4v) is 1.30. The maximum absolute atomic E-state index is 10.8. The predicted octanol–water partition coefficient (Wildman–Crippen LogP) is -0.408. The first-order valence-electron chi connectivity index (χ1n) is 3.21.